The predicted octanol–water partition coefficient (Wildman–Crippen LogP) is 1.93. The Balaban J connectivity index is 1.94. The number of likely N-dealkylation sites (N-methyl/N-ethyl adjacent to an activating group) is 1. The molecule has 0 aliphatic heterocycles. The van der Waals surface area contributed by atoms with E-state index in [1.54, 1.807) is 0 Å². The zero-order chi connectivity index (χ0) is 13.2. The van der Waals surface area contributed by atoms with Crippen LogP contribution in [0.3, 0.4) is 0 Å². The average molecular weight is 273 g/mol. The Bertz CT molecular complexity index is 673. The number of rotatable bonds is 4. The van der Waals surface area contributed by atoms with Crippen LogP contribution >= 0.6 is 11.5 Å². The van der Waals surface area contributed by atoms with Crippen molar-refractivity contribution < 1.29 is 0 Å². The number of aromatic nitrogens is 4. The Labute approximate surface area is 115 Å². The Morgan fingerprint density at radius 3 is 2.89 bits per heavy atom. The first kappa shape index (κ1) is 12.3. The minimum atomic E-state index is 0.204. The smallest absolute Gasteiger partial charge is 0.111 e. The fourth-order valence-corrected chi connectivity index (χ4v) is 2.85. The molecule has 0 fully saturated rings. The Morgan fingerprint density at radius 1 is 1.37 bits per heavy atom. The molecule has 2 aromatic heterocycles. The summed E-state index contributed by atoms with van der Waals surface area (Å²) < 4.78 is 6.07. The van der Waals surface area contributed by atoms with Crippen molar-refractivity contribution in [3.63, 3.8) is 0 Å². The third-order valence-electron chi connectivity index (χ3n) is 3.34. The zero-order valence-electron chi connectivity index (χ0n) is 10.9. The van der Waals surface area contributed by atoms with Gasteiger partial charge >= 0.3 is 0 Å². The van der Waals surface area contributed by atoms with Crippen LogP contribution in [-0.2, 0) is 13.5 Å². The highest BCUT2D eigenvalue weighted by Crippen LogP contribution is 2.22. The second-order valence-electron chi connectivity index (χ2n) is 4.44. The maximum absolute atomic E-state index is 4.70. The molecule has 0 saturated heterocycles. The summed E-state index contributed by atoms with van der Waals surface area (Å²) in [4.78, 5) is 5.83. The van der Waals surface area contributed by atoms with E-state index >= 15 is 0 Å². The summed E-state index contributed by atoms with van der Waals surface area (Å²) in [5.74, 6) is 1.06. The van der Waals surface area contributed by atoms with E-state index in [-0.39, 0.29) is 6.04 Å². The molecule has 0 bridgehead atoms. The normalized spacial score (nSPS) is 12.9. The van der Waals surface area contributed by atoms with Gasteiger partial charge in [0, 0.05) is 13.5 Å². The Morgan fingerprint density at radius 2 is 2.21 bits per heavy atom. The van der Waals surface area contributed by atoms with Crippen LogP contribution in [0.5, 0.6) is 0 Å². The lowest BCUT2D eigenvalue weighted by molar-refractivity contribution is 0.573. The molecule has 2 heterocycles. The minimum Gasteiger partial charge on any atom is -0.331 e. The number of hydrogen-bond acceptors (Lipinski definition) is 5. The van der Waals surface area contributed by atoms with Gasteiger partial charge in [-0.05, 0) is 30.7 Å². The maximum atomic E-state index is 4.70. The maximum Gasteiger partial charge on any atom is 0.111 e. The minimum absolute atomic E-state index is 0.204. The van der Waals surface area contributed by atoms with Crippen molar-refractivity contribution in [2.45, 2.75) is 12.5 Å². The number of benzene rings is 1. The summed E-state index contributed by atoms with van der Waals surface area (Å²) in [6.45, 7) is 0. The highest BCUT2D eigenvalue weighted by atomic mass is 32.1. The van der Waals surface area contributed by atoms with Gasteiger partial charge in [-0.25, -0.2) is 4.98 Å². The van der Waals surface area contributed by atoms with Crippen LogP contribution in [0.4, 0.5) is 0 Å². The van der Waals surface area contributed by atoms with Gasteiger partial charge in [0.15, 0.2) is 0 Å². The van der Waals surface area contributed by atoms with Gasteiger partial charge in [0.1, 0.15) is 5.82 Å². The summed E-state index contributed by atoms with van der Waals surface area (Å²) in [7, 11) is 4.01. The van der Waals surface area contributed by atoms with Crippen molar-refractivity contribution >= 4 is 22.6 Å². The highest BCUT2D eigenvalue weighted by molar-refractivity contribution is 7.05. The molecule has 98 valence electrons. The fraction of sp³-hybridized carbons (Fsp3) is 0.308. The van der Waals surface area contributed by atoms with E-state index in [4.69, 9.17) is 4.98 Å². The van der Waals surface area contributed by atoms with Crippen LogP contribution < -0.4 is 5.32 Å². The van der Waals surface area contributed by atoms with Crippen LogP contribution in [0, 0.1) is 0 Å². The monoisotopic (exact) mass is 273 g/mol. The van der Waals surface area contributed by atoms with Crippen LogP contribution in [0.25, 0.3) is 11.0 Å². The molecule has 3 rings (SSSR count). The first-order valence-electron chi connectivity index (χ1n) is 6.14. The lowest BCUT2D eigenvalue weighted by Gasteiger charge is -2.13. The fourth-order valence-electron chi connectivity index (χ4n) is 2.23. The van der Waals surface area contributed by atoms with Gasteiger partial charge in [-0.15, -0.1) is 5.10 Å². The van der Waals surface area contributed by atoms with Crippen LogP contribution in [-0.4, -0.2) is 26.2 Å². The summed E-state index contributed by atoms with van der Waals surface area (Å²) in [6, 6.07) is 8.39. The molecule has 5 nitrogen and oxygen atoms in total. The van der Waals surface area contributed by atoms with Crippen molar-refractivity contribution in [3.05, 3.63) is 41.2 Å². The molecule has 6 heteroatoms. The van der Waals surface area contributed by atoms with E-state index in [0.29, 0.717) is 0 Å². The Hall–Kier alpha value is -1.79. The average Bonchev–Trinajstić information content (AvgIpc) is 3.06. The number of nitrogens with one attached hydrogen (secondary N) is 1. The van der Waals surface area contributed by atoms with E-state index < -0.39 is 0 Å². The summed E-state index contributed by atoms with van der Waals surface area (Å²) in [6.07, 6.45) is 2.64. The molecule has 1 atom stereocenters. The summed E-state index contributed by atoms with van der Waals surface area (Å²) in [5.41, 5.74) is 2.20. The largest absolute Gasteiger partial charge is 0.331 e. The first-order chi connectivity index (χ1) is 9.29. The highest BCUT2D eigenvalue weighted by Gasteiger charge is 2.16. The first-order valence-corrected chi connectivity index (χ1v) is 6.92. The third kappa shape index (κ3) is 2.24. The quantitative estimate of drug-likeness (QED) is 0.789. The van der Waals surface area contributed by atoms with Crippen LogP contribution in [0.2, 0.25) is 0 Å². The second kappa shape index (κ2) is 5.07. The van der Waals surface area contributed by atoms with Gasteiger partial charge < -0.3 is 9.88 Å². The van der Waals surface area contributed by atoms with Gasteiger partial charge in [-0.2, -0.15) is 0 Å². The van der Waals surface area contributed by atoms with E-state index in [1.807, 2.05) is 31.4 Å². The van der Waals surface area contributed by atoms with Gasteiger partial charge in [0.05, 0.1) is 28.1 Å². The topological polar surface area (TPSA) is 55.6 Å². The van der Waals surface area contributed by atoms with Crippen molar-refractivity contribution in [1.82, 2.24) is 24.5 Å². The Kier molecular flexibility index (Phi) is 3.27. The molecule has 0 amide bonds. The number of aryl methyl sites for hydroxylation is 1. The summed E-state index contributed by atoms with van der Waals surface area (Å²) in [5, 5.41) is 7.20. The lowest BCUT2D eigenvalue weighted by atomic mass is 10.2. The van der Waals surface area contributed by atoms with E-state index in [1.165, 1.54) is 11.5 Å². The number of fused-ring (bicyclic) bond motifs is 1. The number of para-hydroxylation sites is 2. The van der Waals surface area contributed by atoms with E-state index in [2.05, 4.69) is 32.6 Å². The van der Waals surface area contributed by atoms with Crippen molar-refractivity contribution in [3.8, 4) is 0 Å². The third-order valence-corrected chi connectivity index (χ3v) is 4.11. The molecule has 0 aliphatic rings. The molecule has 1 aromatic carbocycles. The molecule has 0 spiro atoms. The molecule has 0 aliphatic carbocycles. The standard InChI is InChI=1S/C13H15N5S/c1-14-10(12-8-15-17-19-12)7-13-16-9-5-3-4-6-11(9)18(13)2/h3-6,8,10,14H,7H2,1-2H3. The van der Waals surface area contributed by atoms with Crippen LogP contribution in [0.15, 0.2) is 30.5 Å². The molecular formula is C13H15N5S. The number of hydrogen-bond donors (Lipinski definition) is 1. The van der Waals surface area contributed by atoms with Gasteiger partial charge in [-0.3, -0.25) is 0 Å². The molecule has 3 aromatic rings. The molecule has 0 radical (unpaired) electrons. The van der Waals surface area contributed by atoms with Crippen molar-refractivity contribution in [2.75, 3.05) is 7.05 Å². The molecule has 0 saturated carbocycles. The van der Waals surface area contributed by atoms with Gasteiger partial charge in [0.25, 0.3) is 0 Å². The molecule has 19 heavy (non-hydrogen) atoms. The zero-order valence-corrected chi connectivity index (χ0v) is 11.7. The molecule has 1 unspecified atom stereocenters. The predicted molar refractivity (Wildman–Crippen MR) is 76.1 cm³/mol. The van der Waals surface area contributed by atoms with Gasteiger partial charge in [-0.1, -0.05) is 16.6 Å². The molecular weight excluding hydrogens is 258 g/mol. The number of imidazole rings is 1. The van der Waals surface area contributed by atoms with Crippen molar-refractivity contribution in [1.29, 1.82) is 0 Å². The summed E-state index contributed by atoms with van der Waals surface area (Å²) >= 11 is 1.43. The number of nitrogens with zero attached hydrogens (tertiary/aromatic N) is 4. The lowest BCUT2D eigenvalue weighted by Crippen LogP contribution is -2.19. The van der Waals surface area contributed by atoms with Crippen LogP contribution in [0.1, 0.15) is 16.7 Å². The van der Waals surface area contributed by atoms with Crippen molar-refractivity contribution in [2.24, 2.45) is 7.05 Å². The molecule has 1 N–H and O–H groups in total. The van der Waals surface area contributed by atoms with E-state index in [9.17, 15) is 0 Å². The second-order valence-corrected chi connectivity index (χ2v) is 5.26. The SMILES string of the molecule is CNC(Cc1nc2ccccc2n1C)c1cnns1. The van der Waals surface area contributed by atoms with Gasteiger partial charge in [0.2, 0.25) is 0 Å². The van der Waals surface area contributed by atoms with E-state index in [0.717, 1.165) is 28.2 Å².